The third-order valence-electron chi connectivity index (χ3n) is 4.86. The molecule has 1 heterocycles. The van der Waals surface area contributed by atoms with Crippen LogP contribution < -0.4 is 4.74 Å². The number of hydrogen-bond donors (Lipinski definition) is 0. The van der Waals surface area contributed by atoms with E-state index in [0.717, 1.165) is 30.3 Å². The Morgan fingerprint density at radius 1 is 1.24 bits per heavy atom. The second kappa shape index (κ2) is 7.02. The lowest BCUT2D eigenvalue weighted by Crippen LogP contribution is -2.37. The molecule has 0 amide bonds. The monoisotopic (exact) mass is 309 g/mol. The summed E-state index contributed by atoms with van der Waals surface area (Å²) in [4.78, 5) is 2.51. The molecule has 0 aliphatic carbocycles. The average molecular weight is 310 g/mol. The highest BCUT2D eigenvalue weighted by atomic mass is 35.5. The van der Waals surface area contributed by atoms with Crippen molar-refractivity contribution in [2.75, 3.05) is 13.2 Å². The van der Waals surface area contributed by atoms with Crippen LogP contribution in [-0.4, -0.2) is 24.1 Å². The number of rotatable bonds is 4. The second-order valence-corrected chi connectivity index (χ2v) is 7.01. The molecule has 2 nitrogen and oxygen atoms in total. The zero-order valence-electron chi connectivity index (χ0n) is 13.9. The van der Waals surface area contributed by atoms with Gasteiger partial charge >= 0.3 is 0 Å². The van der Waals surface area contributed by atoms with Crippen LogP contribution in [0.25, 0.3) is 0 Å². The van der Waals surface area contributed by atoms with Gasteiger partial charge in [0.2, 0.25) is 0 Å². The van der Waals surface area contributed by atoms with Crippen LogP contribution in [0.15, 0.2) is 12.1 Å². The van der Waals surface area contributed by atoms with E-state index < -0.39 is 0 Å². The Morgan fingerprint density at radius 3 is 2.57 bits per heavy atom. The third-order valence-corrected chi connectivity index (χ3v) is 5.14. The van der Waals surface area contributed by atoms with Crippen molar-refractivity contribution in [1.82, 2.24) is 4.90 Å². The molecule has 0 radical (unpaired) electrons. The zero-order chi connectivity index (χ0) is 15.6. The summed E-state index contributed by atoms with van der Waals surface area (Å²) in [7, 11) is 0. The number of ether oxygens (including phenoxy) is 1. The standard InChI is InChI=1S/C18H28ClNO/c1-6-13(4)15-9-16-11-20(14(5)12(2)3)7-8-21-18(16)17(19)10-15/h9-10,12-14H,6-8,11H2,1-5H3. The number of nitrogens with zero attached hydrogens (tertiary/aromatic N) is 1. The molecule has 0 aromatic heterocycles. The van der Waals surface area contributed by atoms with Crippen LogP contribution in [0.2, 0.25) is 5.02 Å². The normalized spacial score (nSPS) is 18.8. The van der Waals surface area contributed by atoms with E-state index in [1.807, 2.05) is 0 Å². The van der Waals surface area contributed by atoms with E-state index >= 15 is 0 Å². The van der Waals surface area contributed by atoms with Gasteiger partial charge in [0.15, 0.2) is 0 Å². The summed E-state index contributed by atoms with van der Waals surface area (Å²) in [6.07, 6.45) is 1.13. The van der Waals surface area contributed by atoms with Gasteiger partial charge in [-0.05, 0) is 36.8 Å². The second-order valence-electron chi connectivity index (χ2n) is 6.60. The molecule has 0 bridgehead atoms. The summed E-state index contributed by atoms with van der Waals surface area (Å²) < 4.78 is 5.93. The maximum absolute atomic E-state index is 6.47. The van der Waals surface area contributed by atoms with Gasteiger partial charge in [0.25, 0.3) is 0 Å². The van der Waals surface area contributed by atoms with Gasteiger partial charge in [-0.2, -0.15) is 0 Å². The molecule has 2 atom stereocenters. The Bertz CT molecular complexity index is 486. The van der Waals surface area contributed by atoms with Crippen LogP contribution in [0, 0.1) is 5.92 Å². The van der Waals surface area contributed by atoms with Crippen molar-refractivity contribution in [2.45, 2.75) is 59.5 Å². The molecule has 21 heavy (non-hydrogen) atoms. The Hall–Kier alpha value is -0.730. The predicted molar refractivity (Wildman–Crippen MR) is 90.4 cm³/mol. The Morgan fingerprint density at radius 2 is 1.95 bits per heavy atom. The van der Waals surface area contributed by atoms with Crippen LogP contribution in [0.4, 0.5) is 0 Å². The number of hydrogen-bond acceptors (Lipinski definition) is 2. The Kier molecular flexibility index (Phi) is 5.56. The number of fused-ring (bicyclic) bond motifs is 1. The van der Waals surface area contributed by atoms with Gasteiger partial charge in [-0.1, -0.05) is 45.4 Å². The molecular weight excluding hydrogens is 282 g/mol. The summed E-state index contributed by atoms with van der Waals surface area (Å²) >= 11 is 6.47. The first kappa shape index (κ1) is 16.6. The van der Waals surface area contributed by atoms with E-state index in [1.54, 1.807) is 0 Å². The lowest BCUT2D eigenvalue weighted by atomic mass is 9.96. The average Bonchev–Trinajstić information content (AvgIpc) is 2.67. The quantitative estimate of drug-likeness (QED) is 0.768. The maximum atomic E-state index is 6.47. The van der Waals surface area contributed by atoms with Gasteiger partial charge < -0.3 is 4.74 Å². The van der Waals surface area contributed by atoms with Crippen molar-refractivity contribution in [3.8, 4) is 5.75 Å². The first-order valence-corrected chi connectivity index (χ1v) is 8.51. The van der Waals surface area contributed by atoms with Crippen molar-refractivity contribution >= 4 is 11.6 Å². The van der Waals surface area contributed by atoms with Gasteiger partial charge in [-0.25, -0.2) is 0 Å². The number of benzene rings is 1. The molecule has 0 N–H and O–H groups in total. The maximum Gasteiger partial charge on any atom is 0.142 e. The van der Waals surface area contributed by atoms with Crippen molar-refractivity contribution in [1.29, 1.82) is 0 Å². The largest absolute Gasteiger partial charge is 0.490 e. The SMILES string of the molecule is CCC(C)c1cc(Cl)c2c(c1)CN(C(C)C(C)C)CCO2. The van der Waals surface area contributed by atoms with Gasteiger partial charge in [-0.15, -0.1) is 0 Å². The molecule has 2 unspecified atom stereocenters. The Labute approximate surface area is 134 Å². The zero-order valence-corrected chi connectivity index (χ0v) is 14.7. The smallest absolute Gasteiger partial charge is 0.142 e. The highest BCUT2D eigenvalue weighted by Crippen LogP contribution is 2.36. The van der Waals surface area contributed by atoms with Crippen LogP contribution in [0.1, 0.15) is 58.1 Å². The fourth-order valence-electron chi connectivity index (χ4n) is 2.81. The van der Waals surface area contributed by atoms with Gasteiger partial charge in [0.05, 0.1) is 5.02 Å². The lowest BCUT2D eigenvalue weighted by molar-refractivity contribution is 0.146. The van der Waals surface area contributed by atoms with Crippen molar-refractivity contribution in [3.63, 3.8) is 0 Å². The Balaban J connectivity index is 2.33. The topological polar surface area (TPSA) is 12.5 Å². The molecule has 0 saturated heterocycles. The van der Waals surface area contributed by atoms with Gasteiger partial charge in [0, 0.05) is 24.7 Å². The molecule has 1 aliphatic rings. The van der Waals surface area contributed by atoms with E-state index in [9.17, 15) is 0 Å². The van der Waals surface area contributed by atoms with Gasteiger partial charge in [-0.3, -0.25) is 4.90 Å². The molecule has 1 aliphatic heterocycles. The summed E-state index contributed by atoms with van der Waals surface area (Å²) in [5.74, 6) is 2.06. The molecule has 1 aromatic rings. The molecule has 0 fully saturated rings. The van der Waals surface area contributed by atoms with Crippen molar-refractivity contribution < 1.29 is 4.74 Å². The number of halogens is 1. The molecule has 0 spiro atoms. The molecule has 0 saturated carbocycles. The fraction of sp³-hybridized carbons (Fsp3) is 0.667. The van der Waals surface area contributed by atoms with E-state index in [1.165, 1.54) is 11.1 Å². The minimum Gasteiger partial charge on any atom is -0.490 e. The summed E-state index contributed by atoms with van der Waals surface area (Å²) in [6, 6.07) is 4.92. The fourth-order valence-corrected chi connectivity index (χ4v) is 3.11. The third kappa shape index (κ3) is 3.73. The van der Waals surface area contributed by atoms with E-state index in [0.29, 0.717) is 24.5 Å². The van der Waals surface area contributed by atoms with E-state index in [2.05, 4.69) is 51.7 Å². The first-order chi connectivity index (χ1) is 9.93. The van der Waals surface area contributed by atoms with Crippen molar-refractivity contribution in [3.05, 3.63) is 28.3 Å². The summed E-state index contributed by atoms with van der Waals surface area (Å²) in [6.45, 7) is 13.9. The lowest BCUT2D eigenvalue weighted by Gasteiger charge is -2.30. The molecule has 2 rings (SSSR count). The highest BCUT2D eigenvalue weighted by Gasteiger charge is 2.24. The molecule has 118 valence electrons. The van der Waals surface area contributed by atoms with Crippen LogP contribution in [-0.2, 0) is 6.54 Å². The van der Waals surface area contributed by atoms with Gasteiger partial charge in [0.1, 0.15) is 12.4 Å². The summed E-state index contributed by atoms with van der Waals surface area (Å²) in [5.41, 5.74) is 2.56. The van der Waals surface area contributed by atoms with Crippen LogP contribution in [0.5, 0.6) is 5.75 Å². The van der Waals surface area contributed by atoms with Crippen molar-refractivity contribution in [2.24, 2.45) is 5.92 Å². The van der Waals surface area contributed by atoms with E-state index in [4.69, 9.17) is 16.3 Å². The molecule has 3 heteroatoms. The predicted octanol–water partition coefficient (Wildman–Crippen LogP) is 5.09. The minimum atomic E-state index is 0.534. The van der Waals surface area contributed by atoms with E-state index in [-0.39, 0.29) is 0 Å². The first-order valence-electron chi connectivity index (χ1n) is 8.13. The summed E-state index contributed by atoms with van der Waals surface area (Å²) in [5, 5.41) is 0.766. The minimum absolute atomic E-state index is 0.534. The molecule has 1 aromatic carbocycles. The molecular formula is C18H28ClNO. The van der Waals surface area contributed by atoms with Crippen LogP contribution >= 0.6 is 11.6 Å². The highest BCUT2D eigenvalue weighted by molar-refractivity contribution is 6.32. The van der Waals surface area contributed by atoms with Crippen LogP contribution in [0.3, 0.4) is 0 Å².